The maximum atomic E-state index is 12.6. The average molecular weight is 464 g/mol. The molecule has 2 heterocycles. The Morgan fingerprint density at radius 1 is 1.18 bits per heavy atom. The first-order chi connectivity index (χ1) is 15.8. The number of aryl methyl sites for hydroxylation is 2. The smallest absolute Gasteiger partial charge is 0.269 e. The van der Waals surface area contributed by atoms with Gasteiger partial charge in [0.25, 0.3) is 5.69 Å². The van der Waals surface area contributed by atoms with E-state index in [-0.39, 0.29) is 17.5 Å². The van der Waals surface area contributed by atoms with Crippen LogP contribution in [0.1, 0.15) is 34.0 Å². The summed E-state index contributed by atoms with van der Waals surface area (Å²) in [6, 6.07) is 11.8. The van der Waals surface area contributed by atoms with Crippen LogP contribution < -0.4 is 10.2 Å². The molecule has 1 aromatic heterocycles. The fraction of sp³-hybridized carbons (Fsp3) is 0.217. The molecule has 0 aliphatic carbocycles. The number of carbonyl (C=O) groups excluding carboxylic acids is 2. The highest BCUT2D eigenvalue weighted by molar-refractivity contribution is 7.15. The van der Waals surface area contributed by atoms with Gasteiger partial charge in [-0.2, -0.15) is 0 Å². The van der Waals surface area contributed by atoms with Crippen molar-refractivity contribution in [1.82, 2.24) is 10.2 Å². The minimum atomic E-state index is -0.480. The van der Waals surface area contributed by atoms with Crippen LogP contribution in [0.2, 0.25) is 0 Å². The van der Waals surface area contributed by atoms with Gasteiger partial charge in [-0.3, -0.25) is 25.0 Å². The molecule has 9 nitrogen and oxygen atoms in total. The Kier molecular flexibility index (Phi) is 6.27. The zero-order valence-electron chi connectivity index (χ0n) is 18.0. The van der Waals surface area contributed by atoms with Gasteiger partial charge >= 0.3 is 0 Å². The minimum absolute atomic E-state index is 0.0144. The fourth-order valence-corrected chi connectivity index (χ4v) is 4.33. The molecule has 1 aliphatic rings. The number of non-ortho nitro benzene ring substituents is 1. The van der Waals surface area contributed by atoms with Crippen LogP contribution in [-0.2, 0) is 9.59 Å². The molecule has 10 heteroatoms. The summed E-state index contributed by atoms with van der Waals surface area (Å²) in [5, 5.41) is 22.6. The van der Waals surface area contributed by atoms with Crippen LogP contribution in [0.3, 0.4) is 0 Å². The molecule has 1 N–H and O–H groups in total. The molecule has 33 heavy (non-hydrogen) atoms. The molecule has 1 atom stereocenters. The van der Waals surface area contributed by atoms with E-state index in [2.05, 4.69) is 15.5 Å². The Bertz CT molecular complexity index is 1250. The van der Waals surface area contributed by atoms with E-state index >= 15 is 0 Å². The van der Waals surface area contributed by atoms with Crippen molar-refractivity contribution in [3.8, 4) is 0 Å². The Labute approximate surface area is 193 Å². The zero-order valence-corrected chi connectivity index (χ0v) is 18.8. The molecule has 1 fully saturated rings. The number of rotatable bonds is 6. The number of hydrogen-bond donors (Lipinski definition) is 1. The number of nitro benzene ring substituents is 1. The number of nitrogens with one attached hydrogen (secondary N) is 1. The van der Waals surface area contributed by atoms with E-state index in [9.17, 15) is 19.7 Å². The van der Waals surface area contributed by atoms with Gasteiger partial charge < -0.3 is 4.90 Å². The topological polar surface area (TPSA) is 118 Å². The number of hydrogen-bond acceptors (Lipinski definition) is 7. The molecule has 1 aliphatic heterocycles. The van der Waals surface area contributed by atoms with Gasteiger partial charge in [-0.15, -0.1) is 10.2 Å². The van der Waals surface area contributed by atoms with Crippen molar-refractivity contribution in [2.24, 2.45) is 0 Å². The Balaban J connectivity index is 1.37. The van der Waals surface area contributed by atoms with E-state index in [0.29, 0.717) is 28.7 Å². The molecule has 3 aromatic rings. The second-order valence-electron chi connectivity index (χ2n) is 7.79. The molecule has 2 amide bonds. The Hall–Kier alpha value is -3.92. The summed E-state index contributed by atoms with van der Waals surface area (Å²) in [6.07, 6.45) is 3.22. The highest BCUT2D eigenvalue weighted by Gasteiger charge is 2.34. The summed E-state index contributed by atoms with van der Waals surface area (Å²) in [6.45, 7) is 4.57. The summed E-state index contributed by atoms with van der Waals surface area (Å²) in [5.74, 6) is -0.441. The minimum Gasteiger partial charge on any atom is -0.312 e. The van der Waals surface area contributed by atoms with Crippen LogP contribution in [0.15, 0.2) is 48.5 Å². The fourth-order valence-electron chi connectivity index (χ4n) is 3.49. The lowest BCUT2D eigenvalue weighted by Crippen LogP contribution is -2.24. The lowest BCUT2D eigenvalue weighted by molar-refractivity contribution is -0.384. The number of carbonyl (C=O) groups is 2. The van der Waals surface area contributed by atoms with Crippen LogP contribution in [-0.4, -0.2) is 33.5 Å². The van der Waals surface area contributed by atoms with Gasteiger partial charge in [-0.1, -0.05) is 17.4 Å². The number of benzene rings is 2. The largest absolute Gasteiger partial charge is 0.312 e. The van der Waals surface area contributed by atoms with Crippen molar-refractivity contribution in [3.63, 3.8) is 0 Å². The first kappa shape index (κ1) is 22.3. The third-order valence-corrected chi connectivity index (χ3v) is 6.48. The highest BCUT2D eigenvalue weighted by atomic mass is 32.1. The molecule has 0 radical (unpaired) electrons. The van der Waals surface area contributed by atoms with E-state index in [4.69, 9.17) is 0 Å². The van der Waals surface area contributed by atoms with Crippen molar-refractivity contribution in [2.45, 2.75) is 26.2 Å². The SMILES string of the molecule is Cc1ccc(N2CC(c3nnc(NC(=O)/C=C/c4ccc([N+](=O)[O-])cc4)s3)CC2=O)cc1C. The van der Waals surface area contributed by atoms with Crippen LogP contribution in [0.5, 0.6) is 0 Å². The average Bonchev–Trinajstić information content (AvgIpc) is 3.41. The number of nitro groups is 1. The standard InChI is InChI=1S/C23H21N5O4S/c1-14-3-7-19(11-15(14)2)27-13-17(12-21(27)30)22-25-26-23(33-22)24-20(29)10-6-16-4-8-18(9-5-16)28(31)32/h3-11,17H,12-13H2,1-2H3,(H,24,26,29)/b10-6+. The second kappa shape index (κ2) is 9.29. The molecule has 0 spiro atoms. The number of amides is 2. The van der Waals surface area contributed by atoms with Gasteiger partial charge in [0.15, 0.2) is 0 Å². The number of nitrogens with zero attached hydrogens (tertiary/aromatic N) is 4. The van der Waals surface area contributed by atoms with Gasteiger partial charge in [0.1, 0.15) is 5.01 Å². The third kappa shape index (κ3) is 5.12. The summed E-state index contributed by atoms with van der Waals surface area (Å²) >= 11 is 1.25. The highest BCUT2D eigenvalue weighted by Crippen LogP contribution is 2.34. The molecule has 0 saturated carbocycles. The molecule has 2 aromatic carbocycles. The van der Waals surface area contributed by atoms with Gasteiger partial charge in [0, 0.05) is 42.8 Å². The summed E-state index contributed by atoms with van der Waals surface area (Å²) < 4.78 is 0. The predicted molar refractivity (Wildman–Crippen MR) is 126 cm³/mol. The van der Waals surface area contributed by atoms with E-state index in [1.54, 1.807) is 23.1 Å². The molecule has 168 valence electrons. The monoisotopic (exact) mass is 463 g/mol. The second-order valence-corrected chi connectivity index (χ2v) is 8.80. The van der Waals surface area contributed by atoms with Gasteiger partial charge in [0.05, 0.1) is 4.92 Å². The predicted octanol–water partition coefficient (Wildman–Crippen LogP) is 4.24. The quantitative estimate of drug-likeness (QED) is 0.332. The number of anilines is 2. The van der Waals surface area contributed by atoms with E-state index in [1.807, 2.05) is 32.0 Å². The molecular weight excluding hydrogens is 442 g/mol. The normalized spacial score (nSPS) is 15.9. The van der Waals surface area contributed by atoms with Crippen LogP contribution >= 0.6 is 11.3 Å². The van der Waals surface area contributed by atoms with Gasteiger partial charge in [-0.05, 0) is 60.9 Å². The first-order valence-corrected chi connectivity index (χ1v) is 11.1. The number of aromatic nitrogens is 2. The van der Waals surface area contributed by atoms with E-state index < -0.39 is 10.8 Å². The van der Waals surface area contributed by atoms with Gasteiger partial charge in [0.2, 0.25) is 16.9 Å². The van der Waals surface area contributed by atoms with E-state index in [1.165, 1.54) is 35.1 Å². The molecule has 1 saturated heterocycles. The third-order valence-electron chi connectivity index (χ3n) is 5.48. The summed E-state index contributed by atoms with van der Waals surface area (Å²) in [5.41, 5.74) is 3.82. The molecule has 1 unspecified atom stereocenters. The first-order valence-electron chi connectivity index (χ1n) is 10.2. The van der Waals surface area contributed by atoms with Gasteiger partial charge in [-0.25, -0.2) is 0 Å². The van der Waals surface area contributed by atoms with Crippen molar-refractivity contribution < 1.29 is 14.5 Å². The molecule has 0 bridgehead atoms. The lowest BCUT2D eigenvalue weighted by Gasteiger charge is -2.17. The maximum Gasteiger partial charge on any atom is 0.269 e. The van der Waals surface area contributed by atoms with Crippen molar-refractivity contribution in [3.05, 3.63) is 80.4 Å². The van der Waals surface area contributed by atoms with Crippen LogP contribution in [0.4, 0.5) is 16.5 Å². The molecular formula is C23H21N5O4S. The lowest BCUT2D eigenvalue weighted by atomic mass is 10.1. The maximum absolute atomic E-state index is 12.6. The summed E-state index contributed by atoms with van der Waals surface area (Å²) in [4.78, 5) is 36.8. The Morgan fingerprint density at radius 3 is 2.64 bits per heavy atom. The van der Waals surface area contributed by atoms with Crippen molar-refractivity contribution in [1.29, 1.82) is 0 Å². The van der Waals surface area contributed by atoms with E-state index in [0.717, 1.165) is 11.3 Å². The van der Waals surface area contributed by atoms with Crippen molar-refractivity contribution in [2.75, 3.05) is 16.8 Å². The van der Waals surface area contributed by atoms with Crippen LogP contribution in [0.25, 0.3) is 6.08 Å². The van der Waals surface area contributed by atoms with Crippen molar-refractivity contribution >= 4 is 45.7 Å². The zero-order chi connectivity index (χ0) is 23.5. The Morgan fingerprint density at radius 2 is 1.94 bits per heavy atom. The molecule has 4 rings (SSSR count). The summed E-state index contributed by atoms with van der Waals surface area (Å²) in [7, 11) is 0. The van der Waals surface area contributed by atoms with Crippen LogP contribution in [0, 0.1) is 24.0 Å².